The summed E-state index contributed by atoms with van der Waals surface area (Å²) in [6, 6.07) is 4.07. The van der Waals surface area contributed by atoms with Crippen LogP contribution in [-0.2, 0) is 5.75 Å². The van der Waals surface area contributed by atoms with E-state index in [1.54, 1.807) is 18.0 Å². The number of aliphatic hydroxyl groups excluding tert-OH is 1. The van der Waals surface area contributed by atoms with Crippen molar-refractivity contribution in [2.24, 2.45) is 0 Å². The molecule has 0 fully saturated rings. The average Bonchev–Trinajstić information content (AvgIpc) is 2.76. The Bertz CT molecular complexity index is 239. The van der Waals surface area contributed by atoms with Gasteiger partial charge in [0.15, 0.2) is 0 Å². The molecule has 0 aliphatic rings. The van der Waals surface area contributed by atoms with Crippen LogP contribution in [0.25, 0.3) is 0 Å². The first-order chi connectivity index (χ1) is 7.36. The molecule has 0 radical (unpaired) electrons. The van der Waals surface area contributed by atoms with E-state index in [1.807, 2.05) is 12.1 Å². The molecule has 0 aliphatic carbocycles. The van der Waals surface area contributed by atoms with Crippen molar-refractivity contribution in [2.45, 2.75) is 25.1 Å². The lowest BCUT2D eigenvalue weighted by molar-refractivity contribution is 0.254. The van der Waals surface area contributed by atoms with Crippen molar-refractivity contribution in [3.8, 4) is 0 Å². The first-order valence-electron chi connectivity index (χ1n) is 5.31. The van der Waals surface area contributed by atoms with Gasteiger partial charge in [0.2, 0.25) is 0 Å². The first kappa shape index (κ1) is 12.6. The van der Waals surface area contributed by atoms with Gasteiger partial charge in [-0.3, -0.25) is 0 Å². The van der Waals surface area contributed by atoms with Crippen LogP contribution in [0.2, 0.25) is 0 Å². The van der Waals surface area contributed by atoms with E-state index in [1.165, 1.54) is 0 Å². The molecule has 1 heterocycles. The third-order valence-corrected chi connectivity index (χ3v) is 3.17. The van der Waals surface area contributed by atoms with Crippen molar-refractivity contribution in [2.75, 3.05) is 18.9 Å². The van der Waals surface area contributed by atoms with E-state index in [9.17, 15) is 0 Å². The van der Waals surface area contributed by atoms with E-state index in [0.29, 0.717) is 0 Å². The fraction of sp³-hybridized carbons (Fsp3) is 0.636. The van der Waals surface area contributed by atoms with Gasteiger partial charge in [-0.2, -0.15) is 11.8 Å². The minimum atomic E-state index is 0.199. The third-order valence-electron chi connectivity index (χ3n) is 2.05. The minimum Gasteiger partial charge on any atom is -0.468 e. The monoisotopic (exact) mass is 229 g/mol. The number of hydrogen-bond donors (Lipinski definition) is 2. The second-order valence-corrected chi connectivity index (χ2v) is 4.46. The Hall–Kier alpha value is -0.450. The summed E-state index contributed by atoms with van der Waals surface area (Å²) in [4.78, 5) is 0. The molecular weight excluding hydrogens is 210 g/mol. The highest BCUT2D eigenvalue weighted by atomic mass is 32.2. The summed E-state index contributed by atoms with van der Waals surface area (Å²) in [6.07, 6.45) is 2.79. The van der Waals surface area contributed by atoms with Gasteiger partial charge in [-0.05, 0) is 25.1 Å². The molecule has 1 atom stereocenters. The van der Waals surface area contributed by atoms with Crippen molar-refractivity contribution in [1.29, 1.82) is 0 Å². The molecule has 0 spiro atoms. The molecule has 1 aromatic rings. The quantitative estimate of drug-likeness (QED) is 0.714. The summed E-state index contributed by atoms with van der Waals surface area (Å²) in [6.45, 7) is 3.29. The normalized spacial score (nSPS) is 12.9. The molecule has 1 unspecified atom stereocenters. The Morgan fingerprint density at radius 3 is 3.07 bits per heavy atom. The van der Waals surface area contributed by atoms with Gasteiger partial charge in [0.25, 0.3) is 0 Å². The zero-order valence-electron chi connectivity index (χ0n) is 9.11. The van der Waals surface area contributed by atoms with Crippen LogP contribution in [0, 0.1) is 0 Å². The van der Waals surface area contributed by atoms with Gasteiger partial charge >= 0.3 is 0 Å². The fourth-order valence-corrected chi connectivity index (χ4v) is 2.21. The number of rotatable bonds is 8. The largest absolute Gasteiger partial charge is 0.468 e. The molecule has 0 bridgehead atoms. The molecule has 0 saturated heterocycles. The van der Waals surface area contributed by atoms with Crippen LogP contribution in [0.3, 0.4) is 0 Å². The van der Waals surface area contributed by atoms with Crippen molar-refractivity contribution in [3.63, 3.8) is 0 Å². The van der Waals surface area contributed by atoms with Gasteiger partial charge in [0, 0.05) is 11.8 Å². The highest BCUT2D eigenvalue weighted by Crippen LogP contribution is 2.13. The van der Waals surface area contributed by atoms with Gasteiger partial charge in [-0.1, -0.05) is 6.92 Å². The number of aliphatic hydroxyl groups is 1. The Kier molecular flexibility index (Phi) is 6.55. The van der Waals surface area contributed by atoms with Crippen molar-refractivity contribution < 1.29 is 9.52 Å². The SMILES string of the molecule is CCCNC(CO)CSCc1ccco1. The highest BCUT2D eigenvalue weighted by Gasteiger charge is 2.06. The zero-order valence-corrected chi connectivity index (χ0v) is 9.93. The molecule has 3 nitrogen and oxygen atoms in total. The standard InChI is InChI=1S/C11H19NO2S/c1-2-5-12-10(7-13)8-15-9-11-4-3-6-14-11/h3-4,6,10,12-13H,2,5,7-9H2,1H3. The van der Waals surface area contributed by atoms with Crippen molar-refractivity contribution in [3.05, 3.63) is 24.2 Å². The van der Waals surface area contributed by atoms with E-state index in [0.717, 1.165) is 30.2 Å². The number of thioether (sulfide) groups is 1. The Labute approximate surface area is 95.2 Å². The predicted octanol–water partition coefficient (Wildman–Crippen LogP) is 1.87. The number of furan rings is 1. The van der Waals surface area contributed by atoms with Crippen LogP contribution < -0.4 is 5.32 Å². The van der Waals surface area contributed by atoms with Gasteiger partial charge in [0.1, 0.15) is 5.76 Å². The smallest absolute Gasteiger partial charge is 0.113 e. The van der Waals surface area contributed by atoms with Crippen LogP contribution >= 0.6 is 11.8 Å². The van der Waals surface area contributed by atoms with Crippen LogP contribution in [0.5, 0.6) is 0 Å². The fourth-order valence-electron chi connectivity index (χ4n) is 1.22. The lowest BCUT2D eigenvalue weighted by Gasteiger charge is -2.14. The lowest BCUT2D eigenvalue weighted by atomic mass is 10.3. The summed E-state index contributed by atoms with van der Waals surface area (Å²) in [7, 11) is 0. The lowest BCUT2D eigenvalue weighted by Crippen LogP contribution is -2.35. The van der Waals surface area contributed by atoms with E-state index in [2.05, 4.69) is 12.2 Å². The van der Waals surface area contributed by atoms with Crippen molar-refractivity contribution in [1.82, 2.24) is 5.32 Å². The van der Waals surface area contributed by atoms with Crippen LogP contribution in [0.4, 0.5) is 0 Å². The van der Waals surface area contributed by atoms with Crippen LogP contribution in [0.15, 0.2) is 22.8 Å². The van der Waals surface area contributed by atoms with E-state index in [4.69, 9.17) is 9.52 Å². The third kappa shape index (κ3) is 5.25. The summed E-state index contributed by atoms with van der Waals surface area (Å²) in [5, 5.41) is 12.4. The molecule has 2 N–H and O–H groups in total. The molecule has 0 saturated carbocycles. The molecule has 0 aromatic carbocycles. The maximum Gasteiger partial charge on any atom is 0.113 e. The second-order valence-electron chi connectivity index (χ2n) is 3.43. The number of hydrogen-bond acceptors (Lipinski definition) is 4. The maximum atomic E-state index is 9.11. The van der Waals surface area contributed by atoms with E-state index < -0.39 is 0 Å². The predicted molar refractivity (Wildman–Crippen MR) is 64.0 cm³/mol. The molecule has 1 aromatic heterocycles. The first-order valence-corrected chi connectivity index (χ1v) is 6.46. The molecule has 0 amide bonds. The topological polar surface area (TPSA) is 45.4 Å². The second kappa shape index (κ2) is 7.79. The maximum absolute atomic E-state index is 9.11. The minimum absolute atomic E-state index is 0.199. The van der Waals surface area contributed by atoms with Crippen LogP contribution in [0.1, 0.15) is 19.1 Å². The van der Waals surface area contributed by atoms with E-state index in [-0.39, 0.29) is 12.6 Å². The molecule has 15 heavy (non-hydrogen) atoms. The van der Waals surface area contributed by atoms with Gasteiger partial charge < -0.3 is 14.8 Å². The highest BCUT2D eigenvalue weighted by molar-refractivity contribution is 7.98. The van der Waals surface area contributed by atoms with Gasteiger partial charge in [-0.25, -0.2) is 0 Å². The molecule has 1 rings (SSSR count). The summed E-state index contributed by atoms with van der Waals surface area (Å²) in [5.74, 6) is 2.78. The summed E-state index contributed by atoms with van der Waals surface area (Å²) in [5.41, 5.74) is 0. The molecule has 0 aliphatic heterocycles. The molecule has 4 heteroatoms. The summed E-state index contributed by atoms with van der Waals surface area (Å²) >= 11 is 1.78. The molecule has 86 valence electrons. The van der Waals surface area contributed by atoms with Gasteiger partial charge in [-0.15, -0.1) is 0 Å². The molecular formula is C11H19NO2S. The zero-order chi connectivity index (χ0) is 10.9. The Morgan fingerprint density at radius 1 is 1.60 bits per heavy atom. The van der Waals surface area contributed by atoms with Crippen molar-refractivity contribution >= 4 is 11.8 Å². The average molecular weight is 229 g/mol. The Balaban J connectivity index is 2.11. The summed E-state index contributed by atoms with van der Waals surface area (Å²) < 4.78 is 5.23. The Morgan fingerprint density at radius 2 is 2.47 bits per heavy atom. The van der Waals surface area contributed by atoms with Crippen LogP contribution in [-0.4, -0.2) is 30.1 Å². The van der Waals surface area contributed by atoms with Gasteiger partial charge in [0.05, 0.1) is 18.6 Å². The number of nitrogens with one attached hydrogen (secondary N) is 1. The van der Waals surface area contributed by atoms with E-state index >= 15 is 0 Å².